The number of amides is 2. The largest absolute Gasteiger partial charge is 0.469 e. The number of urea groups is 1. The van der Waals surface area contributed by atoms with Crippen molar-refractivity contribution in [3.05, 3.63) is 0 Å². The summed E-state index contributed by atoms with van der Waals surface area (Å²) in [5.41, 5.74) is 0. The Balaban J connectivity index is 1.87. The molecule has 2 aliphatic heterocycles. The van der Waals surface area contributed by atoms with Crippen LogP contribution in [0.5, 0.6) is 0 Å². The van der Waals surface area contributed by atoms with Gasteiger partial charge in [-0.25, -0.2) is 13.2 Å². The molecule has 3 unspecified atom stereocenters. The molecule has 0 spiro atoms. The van der Waals surface area contributed by atoms with Gasteiger partial charge in [-0.05, 0) is 12.8 Å². The highest BCUT2D eigenvalue weighted by Crippen LogP contribution is 2.28. The molecule has 0 aliphatic carbocycles. The summed E-state index contributed by atoms with van der Waals surface area (Å²) in [6.07, 6.45) is 1.97. The van der Waals surface area contributed by atoms with Crippen molar-refractivity contribution in [2.45, 2.75) is 43.0 Å². The number of carbonyl (C=O) groups is 2. The second kappa shape index (κ2) is 5.36. The van der Waals surface area contributed by atoms with Gasteiger partial charge in [-0.15, -0.1) is 0 Å². The summed E-state index contributed by atoms with van der Waals surface area (Å²) in [7, 11) is -1.84. The third-order valence-electron chi connectivity index (χ3n) is 3.67. The predicted molar refractivity (Wildman–Crippen MR) is 67.3 cm³/mol. The molecule has 0 saturated carbocycles. The number of carbonyl (C=O) groups excluding carboxylic acids is 2. The second-order valence-electron chi connectivity index (χ2n) is 4.94. The summed E-state index contributed by atoms with van der Waals surface area (Å²) in [4.78, 5) is 22.1. The lowest BCUT2D eigenvalue weighted by Gasteiger charge is -2.16. The Morgan fingerprint density at radius 1 is 1.37 bits per heavy atom. The standard InChI is InChI=1S/C11H18N2O5S/c1-18-9(14)5-3-2-4-8-10-7(6-19(8,16)17)12-11(15)13-10/h7-8,10H,2-6H2,1H3,(H2,12,13,15). The molecule has 0 aromatic rings. The molecule has 0 bridgehead atoms. The van der Waals surface area contributed by atoms with E-state index in [1.54, 1.807) is 0 Å². The number of hydrogen-bond donors (Lipinski definition) is 2. The smallest absolute Gasteiger partial charge is 0.315 e. The minimum atomic E-state index is -3.17. The van der Waals surface area contributed by atoms with E-state index in [9.17, 15) is 18.0 Å². The summed E-state index contributed by atoms with van der Waals surface area (Å²) < 4.78 is 28.5. The second-order valence-corrected chi connectivity index (χ2v) is 7.20. The van der Waals surface area contributed by atoms with Crippen LogP contribution in [-0.4, -0.2) is 50.6 Å². The maximum Gasteiger partial charge on any atom is 0.315 e. The first kappa shape index (κ1) is 14.1. The van der Waals surface area contributed by atoms with Crippen LogP contribution in [0.3, 0.4) is 0 Å². The van der Waals surface area contributed by atoms with Gasteiger partial charge in [0.1, 0.15) is 0 Å². The quantitative estimate of drug-likeness (QED) is 0.406. The van der Waals surface area contributed by atoms with E-state index in [-0.39, 0.29) is 29.8 Å². The van der Waals surface area contributed by atoms with Gasteiger partial charge >= 0.3 is 12.0 Å². The van der Waals surface area contributed by atoms with Crippen molar-refractivity contribution in [1.29, 1.82) is 0 Å². The molecule has 19 heavy (non-hydrogen) atoms. The third-order valence-corrected chi connectivity index (χ3v) is 5.94. The van der Waals surface area contributed by atoms with Crippen LogP contribution in [0.2, 0.25) is 0 Å². The van der Waals surface area contributed by atoms with Crippen molar-refractivity contribution in [3.8, 4) is 0 Å². The molecule has 3 atom stereocenters. The first-order valence-electron chi connectivity index (χ1n) is 6.29. The van der Waals surface area contributed by atoms with E-state index in [1.807, 2.05) is 0 Å². The van der Waals surface area contributed by atoms with Gasteiger partial charge in [0.05, 0.1) is 30.2 Å². The number of sulfone groups is 1. The van der Waals surface area contributed by atoms with E-state index in [0.29, 0.717) is 25.7 Å². The molecule has 8 heteroatoms. The molecule has 2 fully saturated rings. The minimum Gasteiger partial charge on any atom is -0.469 e. The van der Waals surface area contributed by atoms with Crippen LogP contribution in [0.25, 0.3) is 0 Å². The number of unbranched alkanes of at least 4 members (excludes halogenated alkanes) is 1. The Bertz CT molecular complexity index is 475. The van der Waals surface area contributed by atoms with Crippen LogP contribution in [-0.2, 0) is 19.4 Å². The normalized spacial score (nSPS) is 31.4. The highest BCUT2D eigenvalue weighted by atomic mass is 32.2. The van der Waals surface area contributed by atoms with Gasteiger partial charge in [0.2, 0.25) is 0 Å². The minimum absolute atomic E-state index is 0.00191. The van der Waals surface area contributed by atoms with Gasteiger partial charge in [-0.2, -0.15) is 0 Å². The van der Waals surface area contributed by atoms with Gasteiger partial charge in [0.15, 0.2) is 9.84 Å². The highest BCUT2D eigenvalue weighted by Gasteiger charge is 2.51. The maximum atomic E-state index is 12.0. The van der Waals surface area contributed by atoms with Crippen molar-refractivity contribution in [1.82, 2.24) is 10.6 Å². The number of hydrogen-bond acceptors (Lipinski definition) is 5. The van der Waals surface area contributed by atoms with Crippen LogP contribution < -0.4 is 10.6 Å². The summed E-state index contributed by atoms with van der Waals surface area (Å²) >= 11 is 0. The van der Waals surface area contributed by atoms with E-state index < -0.39 is 15.1 Å². The number of methoxy groups -OCH3 is 1. The molecule has 2 saturated heterocycles. The van der Waals surface area contributed by atoms with Gasteiger partial charge < -0.3 is 15.4 Å². The maximum absolute atomic E-state index is 12.0. The Morgan fingerprint density at radius 3 is 2.79 bits per heavy atom. The lowest BCUT2D eigenvalue weighted by Crippen LogP contribution is -2.39. The Kier molecular flexibility index (Phi) is 3.98. The number of ether oxygens (including phenoxy) is 1. The van der Waals surface area contributed by atoms with E-state index >= 15 is 0 Å². The average Bonchev–Trinajstić information content (AvgIpc) is 2.77. The molecule has 0 aromatic heterocycles. The zero-order valence-electron chi connectivity index (χ0n) is 10.7. The van der Waals surface area contributed by atoms with Gasteiger partial charge in [0, 0.05) is 6.42 Å². The molecular formula is C11H18N2O5S. The monoisotopic (exact) mass is 290 g/mol. The molecule has 108 valence electrons. The molecule has 2 amide bonds. The van der Waals surface area contributed by atoms with Crippen LogP contribution in [0, 0.1) is 0 Å². The fourth-order valence-electron chi connectivity index (χ4n) is 2.72. The van der Waals surface area contributed by atoms with Crippen LogP contribution >= 0.6 is 0 Å². The van der Waals surface area contributed by atoms with E-state index in [0.717, 1.165) is 0 Å². The fraction of sp³-hybridized carbons (Fsp3) is 0.818. The number of rotatable bonds is 5. The summed E-state index contributed by atoms with van der Waals surface area (Å²) in [5.74, 6) is -0.291. The van der Waals surface area contributed by atoms with Crippen LogP contribution in [0.15, 0.2) is 0 Å². The zero-order chi connectivity index (χ0) is 14.0. The van der Waals surface area contributed by atoms with Gasteiger partial charge in [0.25, 0.3) is 0 Å². The highest BCUT2D eigenvalue weighted by molar-refractivity contribution is 7.92. The molecule has 7 nitrogen and oxygen atoms in total. The SMILES string of the molecule is COC(=O)CCCCC1C2NC(=O)NC2CS1(=O)=O. The van der Waals surface area contributed by atoms with E-state index in [4.69, 9.17) is 0 Å². The zero-order valence-corrected chi connectivity index (χ0v) is 11.5. The third kappa shape index (κ3) is 2.99. The van der Waals surface area contributed by atoms with Crippen LogP contribution in [0.4, 0.5) is 4.79 Å². The topological polar surface area (TPSA) is 102 Å². The molecular weight excluding hydrogens is 272 g/mol. The van der Waals surface area contributed by atoms with Crippen molar-refractivity contribution in [3.63, 3.8) is 0 Å². The molecule has 0 aromatic carbocycles. The molecule has 2 aliphatic rings. The lowest BCUT2D eigenvalue weighted by atomic mass is 10.0. The summed E-state index contributed by atoms with van der Waals surface area (Å²) in [5, 5.41) is 4.73. The molecule has 2 rings (SSSR count). The van der Waals surface area contributed by atoms with Crippen LogP contribution in [0.1, 0.15) is 25.7 Å². The Labute approximate surface area is 112 Å². The van der Waals surface area contributed by atoms with Gasteiger partial charge in [-0.1, -0.05) is 6.42 Å². The van der Waals surface area contributed by atoms with Crippen molar-refractivity contribution in [2.75, 3.05) is 12.9 Å². The summed E-state index contributed by atoms with van der Waals surface area (Å²) in [6.45, 7) is 0. The van der Waals surface area contributed by atoms with Crippen molar-refractivity contribution >= 4 is 21.8 Å². The predicted octanol–water partition coefficient (Wildman–Crippen LogP) is -0.433. The Hall–Kier alpha value is -1.31. The average molecular weight is 290 g/mol. The molecule has 2 N–H and O–H groups in total. The van der Waals surface area contributed by atoms with Crippen molar-refractivity contribution in [2.24, 2.45) is 0 Å². The van der Waals surface area contributed by atoms with E-state index in [1.165, 1.54) is 7.11 Å². The van der Waals surface area contributed by atoms with E-state index in [2.05, 4.69) is 15.4 Å². The number of esters is 1. The number of fused-ring (bicyclic) bond motifs is 1. The first-order valence-corrected chi connectivity index (χ1v) is 8.01. The molecule has 2 heterocycles. The van der Waals surface area contributed by atoms with Crippen molar-refractivity contribution < 1.29 is 22.7 Å². The summed E-state index contributed by atoms with van der Waals surface area (Å²) in [6, 6.07) is -0.955. The van der Waals surface area contributed by atoms with Gasteiger partial charge in [-0.3, -0.25) is 4.79 Å². The Morgan fingerprint density at radius 2 is 2.11 bits per heavy atom. The number of nitrogens with one attached hydrogen (secondary N) is 2. The lowest BCUT2D eigenvalue weighted by molar-refractivity contribution is -0.140. The first-order chi connectivity index (χ1) is 8.94. The fourth-order valence-corrected chi connectivity index (χ4v) is 4.99. The molecule has 0 radical (unpaired) electrons.